The van der Waals surface area contributed by atoms with Crippen molar-refractivity contribution in [1.82, 2.24) is 14.5 Å². The molecule has 0 spiro atoms. The summed E-state index contributed by atoms with van der Waals surface area (Å²) in [7, 11) is 5.56. The highest BCUT2D eigenvalue weighted by Crippen LogP contribution is 2.28. The van der Waals surface area contributed by atoms with Crippen molar-refractivity contribution in [3.8, 4) is 5.69 Å². The van der Waals surface area contributed by atoms with Gasteiger partial charge in [0.2, 0.25) is 5.91 Å². The molecule has 0 aliphatic carbocycles. The topological polar surface area (TPSA) is 106 Å². The molecule has 0 unspecified atom stereocenters. The number of benzene rings is 2. The van der Waals surface area contributed by atoms with Crippen LogP contribution in [-0.4, -0.2) is 54.3 Å². The van der Waals surface area contributed by atoms with E-state index in [1.807, 2.05) is 62.3 Å². The molecule has 2 aromatic carbocycles. The van der Waals surface area contributed by atoms with E-state index in [1.54, 1.807) is 36.2 Å². The number of likely N-dealkylation sites (N-methyl/N-ethyl adjacent to an activating group) is 1. The number of nitrogens with zero attached hydrogens (tertiary/aromatic N) is 4. The lowest BCUT2D eigenvalue weighted by molar-refractivity contribution is -0.111. The first-order valence-electron chi connectivity index (χ1n) is 11.8. The second kappa shape index (κ2) is 11.0. The monoisotopic (exact) mass is 494 g/mol. The number of rotatable bonds is 7. The Morgan fingerprint density at radius 2 is 1.97 bits per heavy atom. The first kappa shape index (κ1) is 25.5. The van der Waals surface area contributed by atoms with E-state index in [0.29, 0.717) is 17.9 Å². The molecule has 2 heterocycles. The number of allylic oxidation sites excluding steroid dienone is 1. The Morgan fingerprint density at radius 1 is 1.16 bits per heavy atom. The molecule has 4 rings (SSSR count). The predicted octanol–water partition coefficient (Wildman–Crippen LogP) is 3.90. The summed E-state index contributed by atoms with van der Waals surface area (Å²) in [5.41, 5.74) is 10.9. The van der Waals surface area contributed by atoms with Gasteiger partial charge in [-0.1, -0.05) is 18.2 Å². The summed E-state index contributed by atoms with van der Waals surface area (Å²) in [5.74, 6) is -0.231. The van der Waals surface area contributed by atoms with Gasteiger partial charge in [0.1, 0.15) is 0 Å². The molecule has 4 aromatic rings. The number of hydrogen-bond donors (Lipinski definition) is 2. The van der Waals surface area contributed by atoms with E-state index in [4.69, 9.17) is 5.73 Å². The molecule has 0 aliphatic rings. The van der Waals surface area contributed by atoms with Crippen molar-refractivity contribution in [3.05, 3.63) is 94.6 Å². The van der Waals surface area contributed by atoms with Crippen molar-refractivity contribution in [3.63, 3.8) is 0 Å². The van der Waals surface area contributed by atoms with Crippen LogP contribution in [0.25, 0.3) is 33.1 Å². The average molecular weight is 495 g/mol. The molecule has 1 amide bonds. The molecule has 0 saturated carbocycles. The van der Waals surface area contributed by atoms with E-state index in [1.165, 1.54) is 18.3 Å². The molecule has 0 aliphatic heterocycles. The Balaban J connectivity index is 1.89. The third-order valence-corrected chi connectivity index (χ3v) is 5.98. The molecule has 0 atom stereocenters. The molecule has 8 heteroatoms. The minimum absolute atomic E-state index is 0.192. The van der Waals surface area contributed by atoms with E-state index >= 15 is 0 Å². The summed E-state index contributed by atoms with van der Waals surface area (Å²) in [6.45, 7) is 2.57. The van der Waals surface area contributed by atoms with Crippen LogP contribution in [0.2, 0.25) is 0 Å². The number of fused-ring (bicyclic) bond motifs is 3. The number of nitrogens with one attached hydrogen (secondary N) is 1. The second-order valence-corrected chi connectivity index (χ2v) is 8.96. The van der Waals surface area contributed by atoms with Crippen molar-refractivity contribution in [1.29, 1.82) is 0 Å². The van der Waals surface area contributed by atoms with Crippen molar-refractivity contribution in [2.24, 2.45) is 10.7 Å². The molecular formula is C29H30N6O2. The molecule has 3 N–H and O–H groups in total. The number of carbonyl (C=O) groups excluding carboxylic acids is 1. The summed E-state index contributed by atoms with van der Waals surface area (Å²) < 4.78 is 1.65. The molecule has 2 aromatic heterocycles. The molecular weight excluding hydrogens is 464 g/mol. The zero-order valence-electron chi connectivity index (χ0n) is 21.4. The second-order valence-electron chi connectivity index (χ2n) is 8.96. The number of hydrogen-bond acceptors (Lipinski definition) is 6. The number of carbonyl (C=O) groups is 1. The number of anilines is 1. The van der Waals surface area contributed by atoms with Crippen LogP contribution in [0, 0.1) is 6.92 Å². The molecule has 0 radical (unpaired) electrons. The van der Waals surface area contributed by atoms with Gasteiger partial charge in [0.15, 0.2) is 0 Å². The van der Waals surface area contributed by atoms with Gasteiger partial charge in [0.05, 0.1) is 16.7 Å². The zero-order valence-corrected chi connectivity index (χ0v) is 21.4. The Labute approximate surface area is 215 Å². The van der Waals surface area contributed by atoms with Crippen LogP contribution >= 0.6 is 0 Å². The highest BCUT2D eigenvalue weighted by atomic mass is 16.1. The van der Waals surface area contributed by atoms with Crippen molar-refractivity contribution < 1.29 is 4.79 Å². The number of amides is 1. The van der Waals surface area contributed by atoms with Gasteiger partial charge in [-0.05, 0) is 62.5 Å². The van der Waals surface area contributed by atoms with E-state index in [0.717, 1.165) is 38.5 Å². The zero-order chi connectivity index (χ0) is 26.5. The van der Waals surface area contributed by atoms with Crippen LogP contribution in [0.4, 0.5) is 5.69 Å². The van der Waals surface area contributed by atoms with Crippen LogP contribution in [0.1, 0.15) is 11.1 Å². The van der Waals surface area contributed by atoms with E-state index in [2.05, 4.69) is 15.3 Å². The highest BCUT2D eigenvalue weighted by Gasteiger charge is 2.13. The van der Waals surface area contributed by atoms with Crippen LogP contribution in [0.15, 0.2) is 82.9 Å². The Bertz CT molecular complexity index is 1630. The van der Waals surface area contributed by atoms with E-state index in [-0.39, 0.29) is 11.5 Å². The standard InChI is InChI=1S/C29H30N6O2/c1-19-7-10-23(15-26(19)33-27(36)6-5-13-34(3)4)35-28(37)12-9-21-18-32-25-11-8-20(14-24(25)29(21)35)22(16-30)17-31-2/h5-12,14-18H,13,30H2,1-4H3,(H,33,36)/b6-5+,22-16+,31-17?. The maximum absolute atomic E-state index is 13.3. The van der Waals surface area contributed by atoms with Gasteiger partial charge in [-0.2, -0.15) is 0 Å². The normalized spacial score (nSPS) is 12.4. The maximum Gasteiger partial charge on any atom is 0.255 e. The smallest absolute Gasteiger partial charge is 0.255 e. The lowest BCUT2D eigenvalue weighted by Crippen LogP contribution is -2.18. The summed E-state index contributed by atoms with van der Waals surface area (Å²) in [6, 6.07) is 14.7. The van der Waals surface area contributed by atoms with Crippen LogP contribution in [0.3, 0.4) is 0 Å². The Kier molecular flexibility index (Phi) is 7.60. The van der Waals surface area contributed by atoms with Crippen LogP contribution in [0.5, 0.6) is 0 Å². The number of aliphatic imine (C=N–C) groups is 1. The fourth-order valence-corrected chi connectivity index (χ4v) is 4.13. The Morgan fingerprint density at radius 3 is 2.70 bits per heavy atom. The molecule has 0 saturated heterocycles. The lowest BCUT2D eigenvalue weighted by atomic mass is 10.0. The van der Waals surface area contributed by atoms with Crippen LogP contribution < -0.4 is 16.6 Å². The van der Waals surface area contributed by atoms with Gasteiger partial charge in [-0.25, -0.2) is 0 Å². The maximum atomic E-state index is 13.3. The summed E-state index contributed by atoms with van der Waals surface area (Å²) in [4.78, 5) is 36.4. The molecule has 188 valence electrons. The average Bonchev–Trinajstić information content (AvgIpc) is 2.88. The lowest BCUT2D eigenvalue weighted by Gasteiger charge is -2.15. The fourth-order valence-electron chi connectivity index (χ4n) is 4.13. The largest absolute Gasteiger partial charge is 0.404 e. The van der Waals surface area contributed by atoms with Crippen molar-refractivity contribution >= 4 is 45.2 Å². The van der Waals surface area contributed by atoms with Crippen molar-refractivity contribution in [2.45, 2.75) is 6.92 Å². The van der Waals surface area contributed by atoms with Crippen molar-refractivity contribution in [2.75, 3.05) is 33.0 Å². The molecule has 8 nitrogen and oxygen atoms in total. The first-order valence-corrected chi connectivity index (χ1v) is 11.8. The highest BCUT2D eigenvalue weighted by molar-refractivity contribution is 6.12. The van der Waals surface area contributed by atoms with Gasteiger partial charge in [-0.3, -0.25) is 24.1 Å². The minimum Gasteiger partial charge on any atom is -0.404 e. The van der Waals surface area contributed by atoms with Gasteiger partial charge in [0, 0.05) is 66.4 Å². The summed E-state index contributed by atoms with van der Waals surface area (Å²) in [5, 5.41) is 4.55. The number of pyridine rings is 2. The minimum atomic E-state index is -0.231. The summed E-state index contributed by atoms with van der Waals surface area (Å²) >= 11 is 0. The van der Waals surface area contributed by atoms with Gasteiger partial charge < -0.3 is 16.0 Å². The third kappa shape index (κ3) is 5.49. The molecule has 0 fully saturated rings. The number of aryl methyl sites for hydroxylation is 1. The summed E-state index contributed by atoms with van der Waals surface area (Å²) in [6.07, 6.45) is 8.26. The van der Waals surface area contributed by atoms with E-state index in [9.17, 15) is 9.59 Å². The number of aromatic nitrogens is 2. The molecule has 0 bridgehead atoms. The molecule has 37 heavy (non-hydrogen) atoms. The Hall–Kier alpha value is -4.56. The fraction of sp³-hybridized carbons (Fsp3) is 0.172. The van der Waals surface area contributed by atoms with Gasteiger partial charge in [-0.15, -0.1) is 0 Å². The third-order valence-electron chi connectivity index (χ3n) is 5.98. The number of nitrogens with two attached hydrogens (primary N) is 1. The van der Waals surface area contributed by atoms with Crippen LogP contribution in [-0.2, 0) is 4.79 Å². The van der Waals surface area contributed by atoms with E-state index < -0.39 is 0 Å². The SMILES string of the molecule is CN=C/C(=C\N)c1ccc2ncc3ccc(=O)n(-c4ccc(C)c(NC(=O)/C=C/CN(C)C)c4)c3c2c1. The predicted molar refractivity (Wildman–Crippen MR) is 152 cm³/mol. The van der Waals surface area contributed by atoms with Gasteiger partial charge in [0.25, 0.3) is 5.56 Å². The quantitative estimate of drug-likeness (QED) is 0.230. The first-order chi connectivity index (χ1) is 17.8. The van der Waals surface area contributed by atoms with Gasteiger partial charge >= 0.3 is 0 Å².